The van der Waals surface area contributed by atoms with E-state index in [-0.39, 0.29) is 28.1 Å². The molecule has 0 fully saturated rings. The molecule has 0 heterocycles. The van der Waals surface area contributed by atoms with Gasteiger partial charge in [0.25, 0.3) is 0 Å². The molecule has 11 heavy (non-hydrogen) atoms. The number of nitrogens with one attached hydrogen (secondary N) is 3. The Labute approximate surface area is 81.1 Å². The fraction of sp³-hybridized carbons (Fsp3) is 0.600. The maximum Gasteiger partial charge on any atom is 0.191 e. The number of guanidine groups is 1. The van der Waals surface area contributed by atoms with Crippen LogP contribution in [0.25, 0.3) is 0 Å². The van der Waals surface area contributed by atoms with E-state index in [4.69, 9.17) is 16.6 Å². The number of hydrogen-bond acceptors (Lipinski definition) is 3. The SMILES string of the molecule is Br.CC(C)SC(=N)NC(=N)N. The molecule has 0 saturated carbocycles. The summed E-state index contributed by atoms with van der Waals surface area (Å²) in [7, 11) is 0. The van der Waals surface area contributed by atoms with Crippen molar-refractivity contribution in [3.05, 3.63) is 0 Å². The average molecular weight is 241 g/mol. The number of hydrogen-bond donors (Lipinski definition) is 4. The first kappa shape index (κ1) is 13.4. The zero-order chi connectivity index (χ0) is 8.15. The molecule has 0 aliphatic rings. The van der Waals surface area contributed by atoms with Gasteiger partial charge in [0.1, 0.15) is 0 Å². The van der Waals surface area contributed by atoms with E-state index < -0.39 is 0 Å². The highest BCUT2D eigenvalue weighted by Gasteiger charge is 2.00. The summed E-state index contributed by atoms with van der Waals surface area (Å²) in [6.07, 6.45) is 0. The van der Waals surface area contributed by atoms with E-state index in [1.807, 2.05) is 13.8 Å². The van der Waals surface area contributed by atoms with E-state index in [2.05, 4.69) is 5.32 Å². The molecule has 4 nitrogen and oxygen atoms in total. The van der Waals surface area contributed by atoms with E-state index in [0.717, 1.165) is 0 Å². The van der Waals surface area contributed by atoms with E-state index in [1.54, 1.807) is 0 Å². The summed E-state index contributed by atoms with van der Waals surface area (Å²) in [5.74, 6) is -0.182. The summed E-state index contributed by atoms with van der Waals surface area (Å²) in [6.45, 7) is 3.95. The van der Waals surface area contributed by atoms with Crippen LogP contribution in [0.3, 0.4) is 0 Å². The first-order valence-electron chi connectivity index (χ1n) is 2.88. The third-order valence-electron chi connectivity index (χ3n) is 0.602. The largest absolute Gasteiger partial charge is 0.370 e. The second kappa shape index (κ2) is 6.48. The van der Waals surface area contributed by atoms with Crippen molar-refractivity contribution in [2.75, 3.05) is 0 Å². The van der Waals surface area contributed by atoms with Gasteiger partial charge in [-0.25, -0.2) is 0 Å². The highest BCUT2D eigenvalue weighted by Crippen LogP contribution is 2.07. The van der Waals surface area contributed by atoms with Crippen molar-refractivity contribution in [1.29, 1.82) is 10.8 Å². The van der Waals surface area contributed by atoms with Crippen molar-refractivity contribution in [1.82, 2.24) is 5.32 Å². The summed E-state index contributed by atoms with van der Waals surface area (Å²) in [5.41, 5.74) is 4.99. The van der Waals surface area contributed by atoms with Gasteiger partial charge in [0.05, 0.1) is 0 Å². The van der Waals surface area contributed by atoms with E-state index in [1.165, 1.54) is 11.8 Å². The first-order chi connectivity index (χ1) is 4.52. The first-order valence-corrected chi connectivity index (χ1v) is 3.76. The Morgan fingerprint density at radius 3 is 2.18 bits per heavy atom. The Morgan fingerprint density at radius 2 is 1.91 bits per heavy atom. The maximum absolute atomic E-state index is 7.18. The van der Waals surface area contributed by atoms with Gasteiger partial charge in [-0.2, -0.15) is 0 Å². The van der Waals surface area contributed by atoms with Crippen molar-refractivity contribution in [3.63, 3.8) is 0 Å². The van der Waals surface area contributed by atoms with Gasteiger partial charge in [-0.3, -0.25) is 10.8 Å². The van der Waals surface area contributed by atoms with Crippen LogP contribution in [0, 0.1) is 10.8 Å². The van der Waals surface area contributed by atoms with Gasteiger partial charge in [0, 0.05) is 5.25 Å². The van der Waals surface area contributed by atoms with Gasteiger partial charge in [-0.05, 0) is 0 Å². The van der Waals surface area contributed by atoms with Crippen LogP contribution in [-0.2, 0) is 0 Å². The highest BCUT2D eigenvalue weighted by molar-refractivity contribution is 8.93. The molecule has 0 amide bonds. The van der Waals surface area contributed by atoms with Gasteiger partial charge in [0.15, 0.2) is 11.1 Å². The summed E-state index contributed by atoms with van der Waals surface area (Å²) < 4.78 is 0. The summed E-state index contributed by atoms with van der Waals surface area (Å²) in [6, 6.07) is 0. The molecule has 66 valence electrons. The Bertz CT molecular complexity index is 147. The van der Waals surface area contributed by atoms with Crippen molar-refractivity contribution in [2.24, 2.45) is 5.73 Å². The minimum absolute atomic E-state index is 0. The maximum atomic E-state index is 7.18. The molecule has 0 aliphatic heterocycles. The number of rotatable bonds is 1. The monoisotopic (exact) mass is 240 g/mol. The van der Waals surface area contributed by atoms with Crippen LogP contribution in [-0.4, -0.2) is 16.4 Å². The smallest absolute Gasteiger partial charge is 0.191 e. The van der Waals surface area contributed by atoms with Crippen molar-refractivity contribution in [2.45, 2.75) is 19.1 Å². The zero-order valence-electron chi connectivity index (χ0n) is 6.47. The number of amidine groups is 1. The van der Waals surface area contributed by atoms with E-state index in [0.29, 0.717) is 5.25 Å². The van der Waals surface area contributed by atoms with Crippen LogP contribution in [0.1, 0.15) is 13.8 Å². The second-order valence-corrected chi connectivity index (χ2v) is 3.62. The van der Waals surface area contributed by atoms with Crippen LogP contribution in [0.2, 0.25) is 0 Å². The van der Waals surface area contributed by atoms with Crippen LogP contribution < -0.4 is 11.1 Å². The Kier molecular flexibility index (Phi) is 7.87. The standard InChI is InChI=1S/C5H12N4S.BrH/c1-3(2)10-5(8)9-4(6)7;/h3H,1-2H3,(H5,6,7,8,9);1H. The van der Waals surface area contributed by atoms with Gasteiger partial charge < -0.3 is 11.1 Å². The number of nitrogens with two attached hydrogens (primary N) is 1. The van der Waals surface area contributed by atoms with Crippen molar-refractivity contribution in [3.8, 4) is 0 Å². The van der Waals surface area contributed by atoms with Crippen LogP contribution >= 0.6 is 28.7 Å². The molecule has 0 aliphatic carbocycles. The lowest BCUT2D eigenvalue weighted by molar-refractivity contribution is 1.12. The Hall–Kier alpha value is -0.230. The molecule has 0 spiro atoms. The molecule has 0 saturated heterocycles. The highest BCUT2D eigenvalue weighted by atomic mass is 79.9. The molecule has 0 aromatic heterocycles. The summed E-state index contributed by atoms with van der Waals surface area (Å²) in [4.78, 5) is 0. The predicted octanol–water partition coefficient (Wildman–Crippen LogP) is 1.12. The van der Waals surface area contributed by atoms with Gasteiger partial charge in [-0.15, -0.1) is 17.0 Å². The lowest BCUT2D eigenvalue weighted by atomic mass is 10.6. The lowest BCUT2D eigenvalue weighted by Gasteiger charge is -2.06. The lowest BCUT2D eigenvalue weighted by Crippen LogP contribution is -2.34. The molecule has 0 radical (unpaired) electrons. The Morgan fingerprint density at radius 1 is 1.45 bits per heavy atom. The van der Waals surface area contributed by atoms with Crippen molar-refractivity contribution >= 4 is 39.9 Å². The molecular formula is C5H13BrN4S. The number of thioether (sulfide) groups is 1. The molecule has 0 unspecified atom stereocenters. The van der Waals surface area contributed by atoms with Gasteiger partial charge in [0.2, 0.25) is 0 Å². The van der Waals surface area contributed by atoms with Crippen LogP contribution in [0.4, 0.5) is 0 Å². The quantitative estimate of drug-likeness (QED) is 0.410. The third-order valence-corrected chi connectivity index (χ3v) is 1.41. The fourth-order valence-electron chi connectivity index (χ4n) is 0.387. The Balaban J connectivity index is 0. The average Bonchev–Trinajstić information content (AvgIpc) is 1.58. The molecule has 0 aromatic carbocycles. The minimum atomic E-state index is -0.182. The summed E-state index contributed by atoms with van der Waals surface area (Å²) >= 11 is 1.33. The number of halogens is 1. The normalized spacial score (nSPS) is 8.64. The van der Waals surface area contributed by atoms with Crippen LogP contribution in [0.15, 0.2) is 0 Å². The van der Waals surface area contributed by atoms with Gasteiger partial charge >= 0.3 is 0 Å². The van der Waals surface area contributed by atoms with Crippen LogP contribution in [0.5, 0.6) is 0 Å². The molecule has 0 bridgehead atoms. The minimum Gasteiger partial charge on any atom is -0.370 e. The second-order valence-electron chi connectivity index (χ2n) is 2.03. The van der Waals surface area contributed by atoms with Crippen molar-refractivity contribution < 1.29 is 0 Å². The van der Waals surface area contributed by atoms with E-state index >= 15 is 0 Å². The predicted molar refractivity (Wildman–Crippen MR) is 55.8 cm³/mol. The van der Waals surface area contributed by atoms with E-state index in [9.17, 15) is 0 Å². The summed E-state index contributed by atoms with van der Waals surface area (Å²) in [5, 5.41) is 16.9. The topological polar surface area (TPSA) is 85.8 Å². The molecule has 5 N–H and O–H groups in total. The fourth-order valence-corrected chi connectivity index (χ4v) is 1.03. The third kappa shape index (κ3) is 9.77. The molecule has 0 atom stereocenters. The molecular weight excluding hydrogens is 228 g/mol. The molecule has 0 aromatic rings. The molecule has 6 heteroatoms. The zero-order valence-corrected chi connectivity index (χ0v) is 9.00. The van der Waals surface area contributed by atoms with Gasteiger partial charge in [-0.1, -0.05) is 25.6 Å². The molecule has 0 rings (SSSR count).